The van der Waals surface area contributed by atoms with Crippen LogP contribution in [-0.4, -0.2) is 37.4 Å². The Morgan fingerprint density at radius 3 is 1.97 bits per heavy atom. The summed E-state index contributed by atoms with van der Waals surface area (Å²) < 4.78 is 0. The number of benzene rings is 1. The number of nitrogens with zero attached hydrogens (tertiary/aromatic N) is 1. The van der Waals surface area contributed by atoms with Crippen molar-refractivity contribution in [3.63, 3.8) is 0 Å². The van der Waals surface area contributed by atoms with Gasteiger partial charge >= 0.3 is 0 Å². The molecule has 1 aromatic rings. The third kappa shape index (κ3) is 11.3. The SMILES string of the molecule is CC.CN/C=C(/C(N)=O)C(N)=Nc1ccc(N/C=C(\N)CN)cc1.N[C@@H]1CCCC[C@@H]1N. The Hall–Kier alpha value is -3.08. The van der Waals surface area contributed by atoms with Crippen molar-refractivity contribution in [2.45, 2.75) is 51.6 Å². The molecule has 0 saturated heterocycles. The molecule has 0 aromatic heterocycles. The third-order valence-corrected chi connectivity index (χ3v) is 4.48. The summed E-state index contributed by atoms with van der Waals surface area (Å²) in [6.45, 7) is 4.28. The molecule has 2 atom stereocenters. The summed E-state index contributed by atoms with van der Waals surface area (Å²) in [7, 11) is 1.64. The number of amidine groups is 1. The number of carbonyl (C=O) groups excluding carboxylic acids is 1. The molecule has 0 heterocycles. The molecular formula is C22H41N9O. The van der Waals surface area contributed by atoms with Crippen molar-refractivity contribution in [2.24, 2.45) is 39.4 Å². The van der Waals surface area contributed by atoms with E-state index in [0.29, 0.717) is 11.4 Å². The van der Waals surface area contributed by atoms with Gasteiger partial charge in [0, 0.05) is 49.5 Å². The van der Waals surface area contributed by atoms with Crippen molar-refractivity contribution in [1.29, 1.82) is 0 Å². The van der Waals surface area contributed by atoms with Crippen LogP contribution in [0.5, 0.6) is 0 Å². The molecule has 0 bridgehead atoms. The van der Waals surface area contributed by atoms with Crippen LogP contribution < -0.4 is 45.0 Å². The third-order valence-electron chi connectivity index (χ3n) is 4.48. The van der Waals surface area contributed by atoms with Crippen LogP contribution in [0.15, 0.2) is 52.9 Å². The van der Waals surface area contributed by atoms with E-state index in [2.05, 4.69) is 15.6 Å². The van der Waals surface area contributed by atoms with E-state index < -0.39 is 5.91 Å². The van der Waals surface area contributed by atoms with Gasteiger partial charge in [-0.25, -0.2) is 4.99 Å². The van der Waals surface area contributed by atoms with Crippen LogP contribution in [0.25, 0.3) is 0 Å². The Morgan fingerprint density at radius 2 is 1.56 bits per heavy atom. The maximum atomic E-state index is 11.3. The number of aliphatic imine (C=N–C) groups is 1. The summed E-state index contributed by atoms with van der Waals surface area (Å²) in [6, 6.07) is 7.61. The highest BCUT2D eigenvalue weighted by atomic mass is 16.1. The zero-order valence-corrected chi connectivity index (χ0v) is 19.5. The molecule has 1 fully saturated rings. The van der Waals surface area contributed by atoms with E-state index in [1.807, 2.05) is 13.8 Å². The zero-order chi connectivity index (χ0) is 24.5. The lowest BCUT2D eigenvalue weighted by Crippen LogP contribution is -2.43. The van der Waals surface area contributed by atoms with Gasteiger partial charge in [0.2, 0.25) is 0 Å². The van der Waals surface area contributed by atoms with Gasteiger partial charge in [0.05, 0.1) is 11.3 Å². The molecule has 180 valence electrons. The first-order chi connectivity index (χ1) is 15.3. The molecular weight excluding hydrogens is 406 g/mol. The molecule has 1 aliphatic carbocycles. The second-order valence-electron chi connectivity index (χ2n) is 6.93. The molecule has 32 heavy (non-hydrogen) atoms. The van der Waals surface area contributed by atoms with Crippen LogP contribution in [0.2, 0.25) is 0 Å². The van der Waals surface area contributed by atoms with E-state index in [4.69, 9.17) is 34.4 Å². The quantitative estimate of drug-likeness (QED) is 0.169. The molecule has 0 spiro atoms. The van der Waals surface area contributed by atoms with Crippen LogP contribution >= 0.6 is 0 Å². The molecule has 14 N–H and O–H groups in total. The van der Waals surface area contributed by atoms with Gasteiger partial charge in [-0.3, -0.25) is 4.79 Å². The van der Waals surface area contributed by atoms with Gasteiger partial charge in [0.1, 0.15) is 5.84 Å². The number of nitrogens with two attached hydrogens (primary N) is 6. The van der Waals surface area contributed by atoms with Crippen LogP contribution in [-0.2, 0) is 4.79 Å². The topological polar surface area (TPSA) is 210 Å². The first-order valence-corrected chi connectivity index (χ1v) is 10.8. The Kier molecular flexibility index (Phi) is 15.0. The smallest absolute Gasteiger partial charge is 0.253 e. The summed E-state index contributed by atoms with van der Waals surface area (Å²) in [5.41, 5.74) is 35.3. The molecule has 1 aliphatic rings. The van der Waals surface area contributed by atoms with Gasteiger partial charge in [-0.1, -0.05) is 26.7 Å². The molecule has 1 aromatic carbocycles. The lowest BCUT2D eigenvalue weighted by molar-refractivity contribution is -0.114. The minimum atomic E-state index is -0.656. The van der Waals surface area contributed by atoms with Gasteiger partial charge in [0.25, 0.3) is 5.91 Å². The molecule has 10 nitrogen and oxygen atoms in total. The first-order valence-electron chi connectivity index (χ1n) is 10.8. The van der Waals surface area contributed by atoms with Gasteiger partial charge in [-0.15, -0.1) is 0 Å². The second-order valence-corrected chi connectivity index (χ2v) is 6.93. The van der Waals surface area contributed by atoms with Gasteiger partial charge in [0.15, 0.2) is 0 Å². The predicted octanol–water partition coefficient (Wildman–Crippen LogP) is 0.676. The van der Waals surface area contributed by atoms with Crippen LogP contribution in [0, 0.1) is 0 Å². The average Bonchev–Trinajstić information content (AvgIpc) is 2.80. The van der Waals surface area contributed by atoms with E-state index in [1.54, 1.807) is 37.5 Å². The highest BCUT2D eigenvalue weighted by Gasteiger charge is 2.16. The van der Waals surface area contributed by atoms with Crippen molar-refractivity contribution < 1.29 is 4.79 Å². The Morgan fingerprint density at radius 1 is 1.03 bits per heavy atom. The molecule has 0 aliphatic heterocycles. The van der Waals surface area contributed by atoms with Gasteiger partial charge in [-0.2, -0.15) is 0 Å². The minimum Gasteiger partial charge on any atom is -0.400 e. The zero-order valence-electron chi connectivity index (χ0n) is 19.5. The van der Waals surface area contributed by atoms with Crippen molar-refractivity contribution in [1.82, 2.24) is 5.32 Å². The number of amides is 1. The predicted molar refractivity (Wildman–Crippen MR) is 135 cm³/mol. The van der Waals surface area contributed by atoms with E-state index in [9.17, 15) is 4.79 Å². The first kappa shape index (κ1) is 28.9. The second kappa shape index (κ2) is 16.6. The van der Waals surface area contributed by atoms with Crippen LogP contribution in [0.3, 0.4) is 0 Å². The highest BCUT2D eigenvalue weighted by molar-refractivity contribution is 6.20. The minimum absolute atomic E-state index is 0.0369. The summed E-state index contributed by atoms with van der Waals surface area (Å²) in [4.78, 5) is 15.4. The normalized spacial score (nSPS) is 19.0. The Bertz CT molecular complexity index is 747. The molecule has 0 unspecified atom stereocenters. The highest BCUT2D eigenvalue weighted by Crippen LogP contribution is 2.17. The largest absolute Gasteiger partial charge is 0.400 e. The summed E-state index contributed by atoms with van der Waals surface area (Å²) in [6.07, 6.45) is 7.82. The van der Waals surface area contributed by atoms with Crippen molar-refractivity contribution in [3.8, 4) is 0 Å². The monoisotopic (exact) mass is 447 g/mol. The van der Waals surface area contributed by atoms with Crippen LogP contribution in [0.1, 0.15) is 39.5 Å². The fourth-order valence-electron chi connectivity index (χ4n) is 2.67. The standard InChI is InChI=1S/C14H21N7O.C6H14N2.C2H6/c1-19-8-12(14(18)22)13(17)21-11-4-2-10(3-5-11)20-7-9(16)6-15;7-5-3-1-2-4-6(5)8;1-2/h2-5,7-8,19-20H,6,15-16H2,1H3,(H2,17,21)(H2,18,22);5-6H,1-4,7-8H2;1-2H3/b9-7-,12-8+;;/t;5-,6+;. The van der Waals surface area contributed by atoms with E-state index in [1.165, 1.54) is 19.0 Å². The summed E-state index contributed by atoms with van der Waals surface area (Å²) in [5, 5.41) is 5.69. The number of primary amides is 1. The van der Waals surface area contributed by atoms with Crippen molar-refractivity contribution in [3.05, 3.63) is 47.9 Å². The molecule has 1 amide bonds. The summed E-state index contributed by atoms with van der Waals surface area (Å²) in [5.74, 6) is -0.619. The van der Waals surface area contributed by atoms with E-state index >= 15 is 0 Å². The lowest BCUT2D eigenvalue weighted by atomic mass is 9.92. The number of hydrogen-bond acceptors (Lipinski definition) is 8. The maximum Gasteiger partial charge on any atom is 0.253 e. The Balaban J connectivity index is 0.000000796. The number of anilines is 1. The number of hydrogen-bond donors (Lipinski definition) is 8. The van der Waals surface area contributed by atoms with Gasteiger partial charge < -0.3 is 45.0 Å². The summed E-state index contributed by atoms with van der Waals surface area (Å²) >= 11 is 0. The number of nitrogens with one attached hydrogen (secondary N) is 2. The Labute approximate surface area is 191 Å². The van der Waals surface area contributed by atoms with Crippen molar-refractivity contribution >= 4 is 23.1 Å². The van der Waals surface area contributed by atoms with Gasteiger partial charge in [-0.05, 0) is 37.1 Å². The van der Waals surface area contributed by atoms with Crippen LogP contribution in [0.4, 0.5) is 11.4 Å². The molecule has 0 radical (unpaired) electrons. The molecule has 1 saturated carbocycles. The fourth-order valence-corrected chi connectivity index (χ4v) is 2.67. The average molecular weight is 448 g/mol. The van der Waals surface area contributed by atoms with Crippen molar-refractivity contribution in [2.75, 3.05) is 18.9 Å². The van der Waals surface area contributed by atoms with E-state index in [0.717, 1.165) is 18.5 Å². The van der Waals surface area contributed by atoms with E-state index in [-0.39, 0.29) is 30.0 Å². The number of rotatable bonds is 7. The maximum absolute atomic E-state index is 11.3. The number of carbonyl (C=O) groups is 1. The molecule has 10 heteroatoms. The lowest BCUT2D eigenvalue weighted by Gasteiger charge is -2.24. The molecule has 2 rings (SSSR count). The fraction of sp³-hybridized carbons (Fsp3) is 0.455.